The molecular formula is C10H11N3S. The highest BCUT2D eigenvalue weighted by molar-refractivity contribution is 7.18. The number of aryl methyl sites for hydroxylation is 1. The van der Waals surface area contributed by atoms with Crippen LogP contribution in [0.1, 0.15) is 5.56 Å². The summed E-state index contributed by atoms with van der Waals surface area (Å²) in [6.45, 7) is 2.07. The van der Waals surface area contributed by atoms with Crippen molar-refractivity contribution in [2.45, 2.75) is 6.92 Å². The zero-order valence-electron chi connectivity index (χ0n) is 8.11. The van der Waals surface area contributed by atoms with E-state index >= 15 is 0 Å². The second kappa shape index (κ2) is 3.75. The van der Waals surface area contributed by atoms with Crippen LogP contribution in [0.3, 0.4) is 0 Å². The van der Waals surface area contributed by atoms with Crippen molar-refractivity contribution in [3.8, 4) is 10.6 Å². The maximum atomic E-state index is 4.09. The largest absolute Gasteiger partial charge is 0.363 e. The third kappa shape index (κ3) is 1.75. The molecule has 1 heterocycles. The highest BCUT2D eigenvalue weighted by Gasteiger charge is 2.04. The lowest BCUT2D eigenvalue weighted by molar-refractivity contribution is 1.09. The van der Waals surface area contributed by atoms with Gasteiger partial charge in [-0.3, -0.25) is 0 Å². The Kier molecular flexibility index (Phi) is 2.45. The van der Waals surface area contributed by atoms with E-state index in [0.29, 0.717) is 0 Å². The van der Waals surface area contributed by atoms with Gasteiger partial charge in [0.15, 0.2) is 0 Å². The number of anilines is 1. The minimum absolute atomic E-state index is 0.848. The topological polar surface area (TPSA) is 37.8 Å². The van der Waals surface area contributed by atoms with Gasteiger partial charge in [0.25, 0.3) is 0 Å². The van der Waals surface area contributed by atoms with Gasteiger partial charge in [-0.05, 0) is 6.92 Å². The molecular weight excluding hydrogens is 194 g/mol. The van der Waals surface area contributed by atoms with E-state index in [2.05, 4.69) is 46.7 Å². The third-order valence-corrected chi connectivity index (χ3v) is 2.93. The van der Waals surface area contributed by atoms with Crippen LogP contribution < -0.4 is 5.32 Å². The molecule has 1 aromatic carbocycles. The average Bonchev–Trinajstić information content (AvgIpc) is 2.67. The Labute approximate surface area is 86.8 Å². The molecule has 4 heteroatoms. The number of aromatic nitrogens is 2. The highest BCUT2D eigenvalue weighted by atomic mass is 32.1. The van der Waals surface area contributed by atoms with Crippen LogP contribution in [0.4, 0.5) is 5.13 Å². The Bertz CT molecular complexity index is 419. The number of hydrogen-bond donors (Lipinski definition) is 1. The summed E-state index contributed by atoms with van der Waals surface area (Å²) in [5.41, 5.74) is 2.38. The summed E-state index contributed by atoms with van der Waals surface area (Å²) in [5.74, 6) is 0. The second-order valence-corrected chi connectivity index (χ2v) is 4.01. The lowest BCUT2D eigenvalue weighted by Gasteiger charge is -1.95. The van der Waals surface area contributed by atoms with E-state index in [-0.39, 0.29) is 0 Å². The fraction of sp³-hybridized carbons (Fsp3) is 0.200. The predicted molar refractivity (Wildman–Crippen MR) is 59.6 cm³/mol. The average molecular weight is 205 g/mol. The number of rotatable bonds is 2. The molecule has 1 N–H and O–H groups in total. The summed E-state index contributed by atoms with van der Waals surface area (Å²) in [5, 5.41) is 12.9. The van der Waals surface area contributed by atoms with E-state index < -0.39 is 0 Å². The first-order valence-corrected chi connectivity index (χ1v) is 5.19. The number of hydrogen-bond acceptors (Lipinski definition) is 4. The lowest BCUT2D eigenvalue weighted by atomic mass is 10.2. The minimum Gasteiger partial charge on any atom is -0.363 e. The van der Waals surface area contributed by atoms with Crippen LogP contribution in [0.5, 0.6) is 0 Å². The fourth-order valence-electron chi connectivity index (χ4n) is 1.14. The van der Waals surface area contributed by atoms with Crippen molar-refractivity contribution < 1.29 is 0 Å². The number of nitrogens with zero attached hydrogens (tertiary/aromatic N) is 2. The van der Waals surface area contributed by atoms with E-state index in [4.69, 9.17) is 0 Å². The zero-order chi connectivity index (χ0) is 9.97. The quantitative estimate of drug-likeness (QED) is 0.818. The molecule has 1 aromatic heterocycles. The lowest BCUT2D eigenvalue weighted by Crippen LogP contribution is -1.84. The maximum Gasteiger partial charge on any atom is 0.205 e. The summed E-state index contributed by atoms with van der Waals surface area (Å²) in [6, 6.07) is 8.29. The fourth-order valence-corrected chi connectivity index (χ4v) is 1.84. The molecule has 2 rings (SSSR count). The predicted octanol–water partition coefficient (Wildman–Crippen LogP) is 2.56. The molecule has 0 bridgehead atoms. The van der Waals surface area contributed by atoms with Crippen LogP contribution in [-0.4, -0.2) is 17.2 Å². The van der Waals surface area contributed by atoms with Gasteiger partial charge in [0.05, 0.1) is 0 Å². The van der Waals surface area contributed by atoms with Gasteiger partial charge >= 0.3 is 0 Å². The minimum atomic E-state index is 0.848. The molecule has 0 fully saturated rings. The second-order valence-electron chi connectivity index (χ2n) is 3.03. The molecule has 0 atom stereocenters. The molecule has 0 spiro atoms. The summed E-state index contributed by atoms with van der Waals surface area (Å²) >= 11 is 1.56. The van der Waals surface area contributed by atoms with Gasteiger partial charge in [0.1, 0.15) is 5.01 Å². The van der Waals surface area contributed by atoms with Crippen molar-refractivity contribution in [3.63, 3.8) is 0 Å². The SMILES string of the molecule is CNc1nnc(-c2ccc(C)cc2)s1. The van der Waals surface area contributed by atoms with E-state index in [1.54, 1.807) is 11.3 Å². The van der Waals surface area contributed by atoms with Gasteiger partial charge in [0, 0.05) is 12.6 Å². The molecule has 0 amide bonds. The molecule has 14 heavy (non-hydrogen) atoms. The molecule has 0 saturated heterocycles. The first-order valence-electron chi connectivity index (χ1n) is 4.38. The summed E-state index contributed by atoms with van der Waals surface area (Å²) in [7, 11) is 1.85. The molecule has 0 aliphatic carbocycles. The van der Waals surface area contributed by atoms with Crippen molar-refractivity contribution in [2.24, 2.45) is 0 Å². The Morgan fingerprint density at radius 3 is 2.43 bits per heavy atom. The third-order valence-electron chi connectivity index (χ3n) is 1.94. The van der Waals surface area contributed by atoms with Crippen LogP contribution >= 0.6 is 11.3 Å². The molecule has 3 nitrogen and oxygen atoms in total. The zero-order valence-corrected chi connectivity index (χ0v) is 8.93. The Morgan fingerprint density at radius 2 is 1.86 bits per heavy atom. The van der Waals surface area contributed by atoms with Crippen LogP contribution in [0.2, 0.25) is 0 Å². The smallest absolute Gasteiger partial charge is 0.205 e. The van der Waals surface area contributed by atoms with Gasteiger partial charge < -0.3 is 5.32 Å². The standard InChI is InChI=1S/C10H11N3S/c1-7-3-5-8(6-4-7)9-12-13-10(11-2)14-9/h3-6H,1-2H3,(H,11,13). The normalized spacial score (nSPS) is 10.1. The summed E-state index contributed by atoms with van der Waals surface area (Å²) in [4.78, 5) is 0. The maximum absolute atomic E-state index is 4.09. The van der Waals surface area contributed by atoms with Crippen molar-refractivity contribution in [1.82, 2.24) is 10.2 Å². The first kappa shape index (κ1) is 9.15. The highest BCUT2D eigenvalue weighted by Crippen LogP contribution is 2.25. The molecule has 0 aliphatic heterocycles. The van der Waals surface area contributed by atoms with Crippen LogP contribution in [0, 0.1) is 6.92 Å². The molecule has 2 aromatic rings. The van der Waals surface area contributed by atoms with E-state index in [0.717, 1.165) is 15.7 Å². The van der Waals surface area contributed by atoms with Gasteiger partial charge in [-0.25, -0.2) is 0 Å². The molecule has 72 valence electrons. The van der Waals surface area contributed by atoms with Crippen LogP contribution in [0.25, 0.3) is 10.6 Å². The summed E-state index contributed by atoms with van der Waals surface area (Å²) in [6.07, 6.45) is 0. The van der Waals surface area contributed by atoms with Gasteiger partial charge in [-0.15, -0.1) is 10.2 Å². The Hall–Kier alpha value is -1.42. The van der Waals surface area contributed by atoms with Crippen molar-refractivity contribution in [1.29, 1.82) is 0 Å². The molecule has 0 radical (unpaired) electrons. The van der Waals surface area contributed by atoms with E-state index in [1.165, 1.54) is 5.56 Å². The summed E-state index contributed by atoms with van der Waals surface area (Å²) < 4.78 is 0. The van der Waals surface area contributed by atoms with Gasteiger partial charge in [0.2, 0.25) is 5.13 Å². The number of benzene rings is 1. The van der Waals surface area contributed by atoms with Crippen molar-refractivity contribution >= 4 is 16.5 Å². The van der Waals surface area contributed by atoms with E-state index in [9.17, 15) is 0 Å². The van der Waals surface area contributed by atoms with Crippen LogP contribution in [0.15, 0.2) is 24.3 Å². The Morgan fingerprint density at radius 1 is 1.14 bits per heavy atom. The first-order chi connectivity index (χ1) is 6.79. The monoisotopic (exact) mass is 205 g/mol. The van der Waals surface area contributed by atoms with Crippen molar-refractivity contribution in [3.05, 3.63) is 29.8 Å². The van der Waals surface area contributed by atoms with Crippen LogP contribution in [-0.2, 0) is 0 Å². The molecule has 0 saturated carbocycles. The van der Waals surface area contributed by atoms with E-state index in [1.807, 2.05) is 7.05 Å². The van der Waals surface area contributed by atoms with Gasteiger partial charge in [-0.2, -0.15) is 0 Å². The molecule has 0 aliphatic rings. The van der Waals surface area contributed by atoms with Crippen molar-refractivity contribution in [2.75, 3.05) is 12.4 Å². The number of nitrogens with one attached hydrogen (secondary N) is 1. The van der Waals surface area contributed by atoms with Gasteiger partial charge in [-0.1, -0.05) is 41.2 Å². The molecule has 0 unspecified atom stereocenters. The Balaban J connectivity index is 2.34.